The van der Waals surface area contributed by atoms with Crippen molar-refractivity contribution in [2.45, 2.75) is 20.3 Å². The molecule has 0 fully saturated rings. The number of aliphatic carboxylic acids is 1. The van der Waals surface area contributed by atoms with Crippen LogP contribution in [-0.2, 0) is 18.3 Å². The quantitative estimate of drug-likeness (QED) is 0.917. The van der Waals surface area contributed by atoms with E-state index in [4.69, 9.17) is 5.11 Å². The Labute approximate surface area is 112 Å². The molecule has 1 aromatic carbocycles. The maximum absolute atomic E-state index is 11.1. The lowest BCUT2D eigenvalue weighted by molar-refractivity contribution is -0.146. The molecular formula is C15H18N2O2. The van der Waals surface area contributed by atoms with Gasteiger partial charge in [-0.15, -0.1) is 0 Å². The minimum Gasteiger partial charge on any atom is -0.481 e. The van der Waals surface area contributed by atoms with Crippen LogP contribution < -0.4 is 0 Å². The van der Waals surface area contributed by atoms with Crippen molar-refractivity contribution in [3.63, 3.8) is 0 Å². The van der Waals surface area contributed by atoms with E-state index in [0.717, 1.165) is 17.0 Å². The summed E-state index contributed by atoms with van der Waals surface area (Å²) in [6.45, 7) is 3.48. The van der Waals surface area contributed by atoms with Crippen LogP contribution in [0.1, 0.15) is 19.4 Å². The molecular weight excluding hydrogens is 240 g/mol. The lowest BCUT2D eigenvalue weighted by atomic mass is 9.86. The van der Waals surface area contributed by atoms with Crippen molar-refractivity contribution in [3.8, 4) is 11.4 Å². The van der Waals surface area contributed by atoms with Crippen LogP contribution in [0.2, 0.25) is 0 Å². The molecule has 1 N–H and O–H groups in total. The number of carbonyl (C=O) groups is 1. The molecule has 19 heavy (non-hydrogen) atoms. The average molecular weight is 258 g/mol. The third-order valence-corrected chi connectivity index (χ3v) is 3.26. The molecule has 0 bridgehead atoms. The third-order valence-electron chi connectivity index (χ3n) is 3.26. The first-order chi connectivity index (χ1) is 8.90. The van der Waals surface area contributed by atoms with Crippen molar-refractivity contribution in [2.75, 3.05) is 0 Å². The molecule has 1 aromatic heterocycles. The Morgan fingerprint density at radius 3 is 2.42 bits per heavy atom. The number of benzene rings is 1. The van der Waals surface area contributed by atoms with Crippen molar-refractivity contribution in [2.24, 2.45) is 12.5 Å². The van der Waals surface area contributed by atoms with E-state index in [-0.39, 0.29) is 0 Å². The first-order valence-corrected chi connectivity index (χ1v) is 6.20. The van der Waals surface area contributed by atoms with Crippen molar-refractivity contribution >= 4 is 5.97 Å². The minimum atomic E-state index is -0.777. The molecule has 0 atom stereocenters. The van der Waals surface area contributed by atoms with Gasteiger partial charge in [-0.3, -0.25) is 4.79 Å². The maximum Gasteiger partial charge on any atom is 0.309 e. The second-order valence-corrected chi connectivity index (χ2v) is 5.42. The number of nitrogens with zero attached hydrogens (tertiary/aromatic N) is 2. The number of aryl methyl sites for hydroxylation is 1. The molecule has 4 heteroatoms. The topological polar surface area (TPSA) is 55.1 Å². The predicted octanol–water partition coefficient (Wildman–Crippen LogP) is 2.74. The van der Waals surface area contributed by atoms with Gasteiger partial charge in [0.2, 0.25) is 0 Å². The van der Waals surface area contributed by atoms with Crippen LogP contribution in [0.3, 0.4) is 0 Å². The van der Waals surface area contributed by atoms with Crippen molar-refractivity contribution in [3.05, 3.63) is 42.2 Å². The van der Waals surface area contributed by atoms with E-state index in [0.29, 0.717) is 6.42 Å². The summed E-state index contributed by atoms with van der Waals surface area (Å²) in [6, 6.07) is 7.90. The number of hydrogen-bond acceptors (Lipinski definition) is 2. The average Bonchev–Trinajstić information content (AvgIpc) is 2.76. The summed E-state index contributed by atoms with van der Waals surface area (Å²) in [7, 11) is 1.95. The number of carboxylic acid groups (broad SMARTS) is 1. The standard InChI is InChI=1S/C15H18N2O2/c1-15(2,14(18)19)10-11-4-6-12(7-5-11)13-16-8-9-17(13)3/h4-9H,10H2,1-3H3,(H,18,19). The highest BCUT2D eigenvalue weighted by atomic mass is 16.4. The number of hydrogen-bond donors (Lipinski definition) is 1. The Balaban J connectivity index is 2.20. The van der Waals surface area contributed by atoms with Crippen LogP contribution in [0.25, 0.3) is 11.4 Å². The lowest BCUT2D eigenvalue weighted by Crippen LogP contribution is -2.26. The van der Waals surface area contributed by atoms with E-state index in [1.165, 1.54) is 0 Å². The lowest BCUT2D eigenvalue weighted by Gasteiger charge is -2.19. The molecule has 100 valence electrons. The van der Waals surface area contributed by atoms with Crippen molar-refractivity contribution in [1.82, 2.24) is 9.55 Å². The molecule has 0 radical (unpaired) electrons. The molecule has 0 saturated carbocycles. The number of carboxylic acids is 1. The van der Waals surface area contributed by atoms with E-state index in [9.17, 15) is 4.79 Å². The zero-order valence-electron chi connectivity index (χ0n) is 11.4. The maximum atomic E-state index is 11.1. The van der Waals surface area contributed by atoms with Crippen LogP contribution in [0.4, 0.5) is 0 Å². The first kappa shape index (κ1) is 13.3. The molecule has 2 rings (SSSR count). The van der Waals surface area contributed by atoms with Gasteiger partial charge in [-0.05, 0) is 25.8 Å². The zero-order chi connectivity index (χ0) is 14.0. The fourth-order valence-electron chi connectivity index (χ4n) is 2.00. The molecule has 0 aliphatic carbocycles. The SMILES string of the molecule is Cn1ccnc1-c1ccc(CC(C)(C)C(=O)O)cc1. The summed E-state index contributed by atoms with van der Waals surface area (Å²) < 4.78 is 1.95. The van der Waals surface area contributed by atoms with E-state index in [1.807, 2.05) is 42.1 Å². The Morgan fingerprint density at radius 2 is 1.95 bits per heavy atom. The van der Waals surface area contributed by atoms with Gasteiger partial charge in [-0.25, -0.2) is 4.98 Å². The second kappa shape index (κ2) is 4.88. The monoisotopic (exact) mass is 258 g/mol. The molecule has 0 aliphatic heterocycles. The molecule has 4 nitrogen and oxygen atoms in total. The normalized spacial score (nSPS) is 11.5. The summed E-state index contributed by atoms with van der Waals surface area (Å²) in [6.07, 6.45) is 4.18. The van der Waals surface area contributed by atoms with Crippen molar-refractivity contribution < 1.29 is 9.90 Å². The van der Waals surface area contributed by atoms with Crippen LogP contribution in [-0.4, -0.2) is 20.6 Å². The Morgan fingerprint density at radius 1 is 1.32 bits per heavy atom. The van der Waals surface area contributed by atoms with Gasteiger partial charge in [0.25, 0.3) is 0 Å². The summed E-state index contributed by atoms with van der Waals surface area (Å²) >= 11 is 0. The molecule has 1 heterocycles. The Bertz CT molecular complexity index is 582. The number of imidazole rings is 1. The van der Waals surface area contributed by atoms with Crippen LogP contribution in [0.15, 0.2) is 36.7 Å². The Hall–Kier alpha value is -2.10. The van der Waals surface area contributed by atoms with E-state index in [2.05, 4.69) is 4.98 Å². The second-order valence-electron chi connectivity index (χ2n) is 5.42. The predicted molar refractivity (Wildman–Crippen MR) is 73.8 cm³/mol. The highest BCUT2D eigenvalue weighted by molar-refractivity contribution is 5.74. The molecule has 0 aliphatic rings. The van der Waals surface area contributed by atoms with Crippen LogP contribution >= 0.6 is 0 Å². The van der Waals surface area contributed by atoms with Gasteiger partial charge in [0.05, 0.1) is 5.41 Å². The summed E-state index contributed by atoms with van der Waals surface area (Å²) in [5, 5.41) is 9.13. The van der Waals surface area contributed by atoms with Gasteiger partial charge in [-0.1, -0.05) is 24.3 Å². The van der Waals surface area contributed by atoms with Crippen molar-refractivity contribution in [1.29, 1.82) is 0 Å². The van der Waals surface area contributed by atoms with Gasteiger partial charge in [-0.2, -0.15) is 0 Å². The van der Waals surface area contributed by atoms with E-state index in [1.54, 1.807) is 20.0 Å². The number of rotatable bonds is 4. The highest BCUT2D eigenvalue weighted by Gasteiger charge is 2.27. The zero-order valence-corrected chi connectivity index (χ0v) is 11.4. The molecule has 2 aromatic rings. The molecule has 0 spiro atoms. The minimum absolute atomic E-state index is 0.517. The van der Waals surface area contributed by atoms with Gasteiger partial charge in [0.1, 0.15) is 5.82 Å². The fraction of sp³-hybridized carbons (Fsp3) is 0.333. The summed E-state index contributed by atoms with van der Waals surface area (Å²) in [4.78, 5) is 15.4. The number of aromatic nitrogens is 2. The smallest absolute Gasteiger partial charge is 0.309 e. The Kier molecular flexibility index (Phi) is 3.42. The van der Waals surface area contributed by atoms with Gasteiger partial charge in [0, 0.05) is 25.0 Å². The van der Waals surface area contributed by atoms with Crippen LogP contribution in [0.5, 0.6) is 0 Å². The summed E-state index contributed by atoms with van der Waals surface area (Å²) in [5.74, 6) is 0.129. The van der Waals surface area contributed by atoms with Gasteiger partial charge in [0.15, 0.2) is 0 Å². The molecule has 0 unspecified atom stereocenters. The first-order valence-electron chi connectivity index (χ1n) is 6.20. The van der Waals surface area contributed by atoms with Gasteiger partial charge >= 0.3 is 5.97 Å². The highest BCUT2D eigenvalue weighted by Crippen LogP contribution is 2.24. The van der Waals surface area contributed by atoms with E-state index < -0.39 is 11.4 Å². The summed E-state index contributed by atoms with van der Waals surface area (Å²) in [5.41, 5.74) is 1.31. The van der Waals surface area contributed by atoms with E-state index >= 15 is 0 Å². The largest absolute Gasteiger partial charge is 0.481 e. The van der Waals surface area contributed by atoms with Crippen LogP contribution in [0, 0.1) is 5.41 Å². The fourth-order valence-corrected chi connectivity index (χ4v) is 2.00. The van der Waals surface area contributed by atoms with Gasteiger partial charge < -0.3 is 9.67 Å². The third kappa shape index (κ3) is 2.84. The molecule has 0 saturated heterocycles. The molecule has 0 amide bonds.